The highest BCUT2D eigenvalue weighted by molar-refractivity contribution is 6.48. The zero-order valence-corrected chi connectivity index (χ0v) is 10.6. The third-order valence-corrected chi connectivity index (χ3v) is 1.83. The summed E-state index contributed by atoms with van der Waals surface area (Å²) in [6.45, 7) is 0. The van der Waals surface area contributed by atoms with Gasteiger partial charge in [-0.25, -0.2) is 0 Å². The highest BCUT2D eigenvalue weighted by atomic mass is 35.5. The summed E-state index contributed by atoms with van der Waals surface area (Å²) in [6, 6.07) is 0. The molecule has 0 spiro atoms. The van der Waals surface area contributed by atoms with Gasteiger partial charge in [-0.05, 0) is 11.6 Å². The third kappa shape index (κ3) is 9.07. The number of hydrogen-bond acceptors (Lipinski definition) is 0. The molecule has 0 aliphatic rings. The van der Waals surface area contributed by atoms with Gasteiger partial charge in [0.2, 0.25) is 11.1 Å². The zero-order chi connectivity index (χ0) is 15.3. The summed E-state index contributed by atoms with van der Waals surface area (Å²) >= 11 is 17.1. The van der Waals surface area contributed by atoms with Crippen LogP contribution >= 0.6 is 46.4 Å². The van der Waals surface area contributed by atoms with Crippen molar-refractivity contribution in [1.29, 1.82) is 0 Å². The van der Waals surface area contributed by atoms with E-state index in [2.05, 4.69) is 46.4 Å². The molecule has 18 heavy (non-hydrogen) atoms. The van der Waals surface area contributed by atoms with E-state index in [4.69, 9.17) is 0 Å². The Morgan fingerprint density at radius 3 is 1.11 bits per heavy atom. The monoisotopic (exact) mass is 364 g/mol. The van der Waals surface area contributed by atoms with Crippen LogP contribution in [0.1, 0.15) is 0 Å². The normalized spacial score (nSPS) is 13.3. The maximum atomic E-state index is 11.7. The van der Waals surface area contributed by atoms with E-state index in [0.717, 1.165) is 0 Å². The topological polar surface area (TPSA) is 0 Å². The van der Waals surface area contributed by atoms with E-state index in [-0.39, 0.29) is 0 Å². The molecule has 0 aromatic carbocycles. The van der Waals surface area contributed by atoms with Gasteiger partial charge in [0.25, 0.3) is 0 Å². The Kier molecular flexibility index (Phi) is 8.63. The highest BCUT2D eigenvalue weighted by Gasteiger charge is 2.35. The van der Waals surface area contributed by atoms with Crippen molar-refractivity contribution >= 4 is 46.4 Å². The van der Waals surface area contributed by atoms with Crippen LogP contribution in [-0.4, -0.2) is 10.8 Å². The minimum atomic E-state index is -4.88. The summed E-state index contributed by atoms with van der Waals surface area (Å²) in [4.78, 5) is 0. The van der Waals surface area contributed by atoms with Crippen LogP contribution in [0, 0.1) is 0 Å². The Morgan fingerprint density at radius 1 is 0.778 bits per heavy atom. The fourth-order valence-electron chi connectivity index (χ4n) is 0.214. The third-order valence-electron chi connectivity index (χ3n) is 0.830. The molecule has 0 bridgehead atoms. The number of rotatable bonds is 1. The SMILES string of the molecule is FC(Cl)=C(Cl)C(F)(F)F.FC(F)=C(F)C(F)(Cl)Cl. The predicted octanol–water partition coefficient (Wildman–Crippen LogP) is 6.33. The molecule has 0 atom stereocenters. The molecule has 0 saturated carbocycles. The Hall–Kier alpha value is 0.0800. The summed E-state index contributed by atoms with van der Waals surface area (Å²) < 4.78 is 86.5. The predicted molar refractivity (Wildman–Crippen MR) is 51.8 cm³/mol. The second-order valence-electron chi connectivity index (χ2n) is 2.14. The standard InChI is InChI=1S/2C3Cl2F4/c4-3(5,9)1(6)2(7)8;4-1(2(5)6)3(7,8)9. The van der Waals surface area contributed by atoms with Gasteiger partial charge in [0.15, 0.2) is 5.03 Å². The molecule has 108 valence electrons. The maximum absolute atomic E-state index is 11.7. The van der Waals surface area contributed by atoms with Crippen LogP contribution in [0.3, 0.4) is 0 Å². The summed E-state index contributed by atoms with van der Waals surface area (Å²) in [5.74, 6) is -2.47. The first-order valence-electron chi connectivity index (χ1n) is 3.27. The van der Waals surface area contributed by atoms with Crippen molar-refractivity contribution in [1.82, 2.24) is 0 Å². The first-order chi connectivity index (χ1) is 7.71. The van der Waals surface area contributed by atoms with Crippen LogP contribution in [0.25, 0.3) is 0 Å². The number of alkyl halides is 6. The summed E-state index contributed by atoms with van der Waals surface area (Å²) in [6.07, 6.45) is -7.74. The second kappa shape index (κ2) is 7.62. The lowest BCUT2D eigenvalue weighted by molar-refractivity contribution is -0.0856. The van der Waals surface area contributed by atoms with Crippen LogP contribution in [0.15, 0.2) is 22.2 Å². The smallest absolute Gasteiger partial charge is 0.200 e. The van der Waals surface area contributed by atoms with E-state index in [1.54, 1.807) is 0 Å². The Labute approximate surface area is 115 Å². The lowest BCUT2D eigenvalue weighted by atomic mass is 10.6. The molecule has 0 aromatic rings. The van der Waals surface area contributed by atoms with Gasteiger partial charge in [-0.2, -0.15) is 35.1 Å². The first kappa shape index (κ1) is 20.4. The van der Waals surface area contributed by atoms with E-state index in [9.17, 15) is 35.1 Å². The van der Waals surface area contributed by atoms with Crippen molar-refractivity contribution < 1.29 is 35.1 Å². The molecule has 12 heteroatoms. The van der Waals surface area contributed by atoms with Gasteiger partial charge in [0.05, 0.1) is 0 Å². The van der Waals surface area contributed by atoms with Crippen molar-refractivity contribution in [3.63, 3.8) is 0 Å². The molecule has 0 amide bonds. The van der Waals surface area contributed by atoms with Crippen LogP contribution in [-0.2, 0) is 0 Å². The molecular weight excluding hydrogens is 366 g/mol. The Morgan fingerprint density at radius 2 is 1.11 bits per heavy atom. The van der Waals surface area contributed by atoms with Crippen LogP contribution in [0.2, 0.25) is 0 Å². The Balaban J connectivity index is 0. The minimum absolute atomic E-state index is 1.93. The van der Waals surface area contributed by atoms with E-state index < -0.39 is 33.0 Å². The molecule has 0 saturated heterocycles. The maximum Gasteiger partial charge on any atom is 0.430 e. The van der Waals surface area contributed by atoms with Gasteiger partial charge in [0, 0.05) is 0 Å². The van der Waals surface area contributed by atoms with E-state index in [0.29, 0.717) is 0 Å². The van der Waals surface area contributed by atoms with E-state index in [1.165, 1.54) is 0 Å². The molecule has 0 unspecified atom stereocenters. The van der Waals surface area contributed by atoms with E-state index >= 15 is 0 Å². The van der Waals surface area contributed by atoms with Gasteiger partial charge in [-0.15, -0.1) is 0 Å². The van der Waals surface area contributed by atoms with Crippen molar-refractivity contribution in [3.05, 3.63) is 22.2 Å². The van der Waals surface area contributed by atoms with Crippen LogP contribution < -0.4 is 0 Å². The average Bonchev–Trinajstić information content (AvgIpc) is 2.13. The number of halogens is 12. The zero-order valence-electron chi connectivity index (χ0n) is 7.54. The lowest BCUT2D eigenvalue weighted by Gasteiger charge is -2.02. The average molecular weight is 366 g/mol. The number of allylic oxidation sites excluding steroid dienone is 2. The molecule has 0 aliphatic carbocycles. The van der Waals surface area contributed by atoms with Gasteiger partial charge in [-0.1, -0.05) is 34.8 Å². The second-order valence-corrected chi connectivity index (χ2v) is 4.09. The molecule has 0 rings (SSSR count). The number of hydrogen-bond donors (Lipinski definition) is 0. The van der Waals surface area contributed by atoms with Crippen molar-refractivity contribution in [2.75, 3.05) is 0 Å². The van der Waals surface area contributed by atoms with Crippen molar-refractivity contribution in [2.24, 2.45) is 0 Å². The molecule has 0 nitrogen and oxygen atoms in total. The highest BCUT2D eigenvalue weighted by Crippen LogP contribution is 2.35. The molecule has 0 radical (unpaired) electrons. The minimum Gasteiger partial charge on any atom is -0.200 e. The molecule has 0 aromatic heterocycles. The summed E-state index contributed by atoms with van der Waals surface area (Å²) in [5, 5.41) is -3.87. The molecular formula is C6Cl4F8. The quantitative estimate of drug-likeness (QED) is 0.376. The molecule has 0 N–H and O–H groups in total. The molecule has 0 heterocycles. The Bertz CT molecular complexity index is 296. The fraction of sp³-hybridized carbons (Fsp3) is 0.333. The first-order valence-corrected chi connectivity index (χ1v) is 4.78. The summed E-state index contributed by atoms with van der Waals surface area (Å²) in [7, 11) is 0. The largest absolute Gasteiger partial charge is 0.430 e. The van der Waals surface area contributed by atoms with Crippen molar-refractivity contribution in [3.8, 4) is 0 Å². The molecule has 0 fully saturated rings. The van der Waals surface area contributed by atoms with Gasteiger partial charge in [0.1, 0.15) is 0 Å². The van der Waals surface area contributed by atoms with Gasteiger partial charge < -0.3 is 0 Å². The summed E-state index contributed by atoms with van der Waals surface area (Å²) in [5.41, 5.74) is 0. The van der Waals surface area contributed by atoms with Gasteiger partial charge >= 0.3 is 16.8 Å². The van der Waals surface area contributed by atoms with Crippen molar-refractivity contribution in [2.45, 2.75) is 10.8 Å². The van der Waals surface area contributed by atoms with Crippen LogP contribution in [0.5, 0.6) is 0 Å². The lowest BCUT2D eigenvalue weighted by Crippen LogP contribution is -2.07. The van der Waals surface area contributed by atoms with E-state index in [1.807, 2.05) is 0 Å². The molecule has 0 aliphatic heterocycles. The fourth-order valence-corrected chi connectivity index (χ4v) is 0.464. The van der Waals surface area contributed by atoms with Crippen LogP contribution in [0.4, 0.5) is 35.1 Å². The van der Waals surface area contributed by atoms with Gasteiger partial charge in [-0.3, -0.25) is 0 Å².